The van der Waals surface area contributed by atoms with Gasteiger partial charge in [0.1, 0.15) is 0 Å². The molecule has 110 valence electrons. The molecule has 2 unspecified atom stereocenters. The summed E-state index contributed by atoms with van der Waals surface area (Å²) in [4.78, 5) is 0. The second-order valence-electron chi connectivity index (χ2n) is 5.14. The van der Waals surface area contributed by atoms with Crippen molar-refractivity contribution in [2.45, 2.75) is 31.8 Å². The fourth-order valence-electron chi connectivity index (χ4n) is 2.38. The number of rotatable bonds is 3. The van der Waals surface area contributed by atoms with Crippen molar-refractivity contribution < 1.29 is 8.42 Å². The Kier molecular flexibility index (Phi) is 4.86. The third-order valence-electron chi connectivity index (χ3n) is 3.49. The molecule has 0 aromatic heterocycles. The lowest BCUT2D eigenvalue weighted by Crippen LogP contribution is -2.47. The molecule has 1 saturated heterocycles. The van der Waals surface area contributed by atoms with Crippen molar-refractivity contribution in [2.75, 3.05) is 6.54 Å². The monoisotopic (exact) mass is 314 g/mol. The molecule has 6 heteroatoms. The number of nitrogens with zero attached hydrogens (tertiary/aromatic N) is 1. The standard InChI is InChI=1S/C14H19ClN2O2S/c1-11-10-14(16)6-8-17(11)20(18,19)9-7-12-2-4-13(15)5-3-12/h2-5,7,9,11,14H,6,8,10,16H2,1H3/b9-7+. The number of nitrogens with two attached hydrogens (primary N) is 1. The van der Waals surface area contributed by atoms with Crippen molar-refractivity contribution in [3.05, 3.63) is 40.3 Å². The highest BCUT2D eigenvalue weighted by Gasteiger charge is 2.30. The predicted molar refractivity (Wildman–Crippen MR) is 82.8 cm³/mol. The van der Waals surface area contributed by atoms with Gasteiger partial charge in [-0.1, -0.05) is 23.7 Å². The largest absolute Gasteiger partial charge is 0.328 e. The highest BCUT2D eigenvalue weighted by molar-refractivity contribution is 7.92. The van der Waals surface area contributed by atoms with Crippen LogP contribution in [0.2, 0.25) is 5.02 Å². The predicted octanol–water partition coefficient (Wildman–Crippen LogP) is 2.45. The fourth-order valence-corrected chi connectivity index (χ4v) is 3.94. The Bertz CT molecular complexity index is 584. The van der Waals surface area contributed by atoms with Crippen LogP contribution in [-0.2, 0) is 10.0 Å². The average molecular weight is 315 g/mol. The van der Waals surface area contributed by atoms with Crippen molar-refractivity contribution >= 4 is 27.7 Å². The molecule has 1 heterocycles. The molecule has 1 aromatic carbocycles. The molecule has 0 amide bonds. The molecule has 4 nitrogen and oxygen atoms in total. The van der Waals surface area contributed by atoms with Crippen LogP contribution in [0, 0.1) is 0 Å². The smallest absolute Gasteiger partial charge is 0.236 e. The Labute approximate surface area is 125 Å². The maximum Gasteiger partial charge on any atom is 0.236 e. The number of piperidine rings is 1. The molecular formula is C14H19ClN2O2S. The summed E-state index contributed by atoms with van der Waals surface area (Å²) < 4.78 is 26.1. The van der Waals surface area contributed by atoms with E-state index in [-0.39, 0.29) is 12.1 Å². The molecule has 0 aliphatic carbocycles. The second kappa shape index (κ2) is 6.26. The van der Waals surface area contributed by atoms with Crippen LogP contribution in [0.5, 0.6) is 0 Å². The molecule has 1 aromatic rings. The van der Waals surface area contributed by atoms with Crippen LogP contribution in [0.1, 0.15) is 25.3 Å². The van der Waals surface area contributed by atoms with Gasteiger partial charge in [-0.3, -0.25) is 0 Å². The molecule has 20 heavy (non-hydrogen) atoms. The maximum absolute atomic E-state index is 12.3. The van der Waals surface area contributed by atoms with Crippen molar-refractivity contribution in [3.63, 3.8) is 0 Å². The van der Waals surface area contributed by atoms with Crippen LogP contribution in [0.3, 0.4) is 0 Å². The second-order valence-corrected chi connectivity index (χ2v) is 7.35. The topological polar surface area (TPSA) is 63.4 Å². The molecule has 0 spiro atoms. The van der Waals surface area contributed by atoms with E-state index in [1.54, 1.807) is 30.3 Å². The van der Waals surface area contributed by atoms with E-state index >= 15 is 0 Å². The highest BCUT2D eigenvalue weighted by atomic mass is 35.5. The molecule has 0 saturated carbocycles. The lowest BCUT2D eigenvalue weighted by Gasteiger charge is -2.34. The zero-order valence-corrected chi connectivity index (χ0v) is 12.9. The Balaban J connectivity index is 2.12. The lowest BCUT2D eigenvalue weighted by atomic mass is 10.0. The third-order valence-corrected chi connectivity index (χ3v) is 5.41. The van der Waals surface area contributed by atoms with Crippen LogP contribution >= 0.6 is 11.6 Å². The maximum atomic E-state index is 12.3. The van der Waals surface area contributed by atoms with Gasteiger partial charge < -0.3 is 5.73 Å². The Hall–Kier alpha value is -0.880. The zero-order valence-electron chi connectivity index (χ0n) is 11.4. The van der Waals surface area contributed by atoms with Crippen LogP contribution in [0.15, 0.2) is 29.7 Å². The minimum absolute atomic E-state index is 0.0568. The summed E-state index contributed by atoms with van der Waals surface area (Å²) in [5.41, 5.74) is 6.66. The van der Waals surface area contributed by atoms with E-state index in [0.717, 1.165) is 5.56 Å². The SMILES string of the molecule is CC1CC(N)CCN1S(=O)(=O)/C=C/c1ccc(Cl)cc1. The van der Waals surface area contributed by atoms with Crippen molar-refractivity contribution in [1.82, 2.24) is 4.31 Å². The van der Waals surface area contributed by atoms with Gasteiger partial charge in [0.05, 0.1) is 0 Å². The van der Waals surface area contributed by atoms with Gasteiger partial charge >= 0.3 is 0 Å². The van der Waals surface area contributed by atoms with E-state index in [1.807, 2.05) is 6.92 Å². The molecule has 0 radical (unpaired) electrons. The van der Waals surface area contributed by atoms with Gasteiger partial charge in [-0.05, 0) is 43.5 Å². The minimum Gasteiger partial charge on any atom is -0.328 e. The first kappa shape index (κ1) is 15.5. The van der Waals surface area contributed by atoms with Crippen molar-refractivity contribution in [1.29, 1.82) is 0 Å². The Morgan fingerprint density at radius 3 is 2.60 bits per heavy atom. The van der Waals surface area contributed by atoms with Gasteiger partial charge in [0, 0.05) is 29.1 Å². The summed E-state index contributed by atoms with van der Waals surface area (Å²) in [6, 6.07) is 7.07. The summed E-state index contributed by atoms with van der Waals surface area (Å²) in [5.74, 6) is 0. The fraction of sp³-hybridized carbons (Fsp3) is 0.429. The van der Waals surface area contributed by atoms with Crippen LogP contribution in [0.4, 0.5) is 0 Å². The lowest BCUT2D eigenvalue weighted by molar-refractivity contribution is 0.250. The molecule has 0 bridgehead atoms. The molecule has 2 rings (SSSR count). The quantitative estimate of drug-likeness (QED) is 0.932. The van der Waals surface area contributed by atoms with Gasteiger partial charge in [-0.2, -0.15) is 4.31 Å². The highest BCUT2D eigenvalue weighted by Crippen LogP contribution is 2.21. The Morgan fingerprint density at radius 2 is 2.00 bits per heavy atom. The van der Waals surface area contributed by atoms with Crippen LogP contribution < -0.4 is 5.73 Å². The van der Waals surface area contributed by atoms with Crippen LogP contribution in [-0.4, -0.2) is 31.4 Å². The van der Waals surface area contributed by atoms with Crippen molar-refractivity contribution in [3.8, 4) is 0 Å². The van der Waals surface area contributed by atoms with Gasteiger partial charge in [0.25, 0.3) is 0 Å². The van der Waals surface area contributed by atoms with E-state index in [9.17, 15) is 8.42 Å². The van der Waals surface area contributed by atoms with Crippen LogP contribution in [0.25, 0.3) is 6.08 Å². The van der Waals surface area contributed by atoms with E-state index < -0.39 is 10.0 Å². The summed E-state index contributed by atoms with van der Waals surface area (Å²) in [6.07, 6.45) is 3.00. The van der Waals surface area contributed by atoms with E-state index in [2.05, 4.69) is 0 Å². The summed E-state index contributed by atoms with van der Waals surface area (Å²) >= 11 is 5.79. The number of hydrogen-bond donors (Lipinski definition) is 1. The normalized spacial score (nSPS) is 25.1. The number of hydrogen-bond acceptors (Lipinski definition) is 3. The molecular weight excluding hydrogens is 296 g/mol. The van der Waals surface area contributed by atoms with Gasteiger partial charge in [0.2, 0.25) is 10.0 Å². The molecule has 1 fully saturated rings. The zero-order chi connectivity index (χ0) is 14.8. The van der Waals surface area contributed by atoms with E-state index in [1.165, 1.54) is 9.71 Å². The number of sulfonamides is 1. The molecule has 1 aliphatic rings. The first-order valence-corrected chi connectivity index (χ1v) is 8.48. The molecule has 2 atom stereocenters. The third kappa shape index (κ3) is 3.82. The Morgan fingerprint density at radius 1 is 1.35 bits per heavy atom. The summed E-state index contributed by atoms with van der Waals surface area (Å²) in [6.45, 7) is 2.38. The minimum atomic E-state index is -3.40. The summed E-state index contributed by atoms with van der Waals surface area (Å²) in [5, 5.41) is 1.88. The first-order valence-electron chi connectivity index (χ1n) is 6.59. The molecule has 1 aliphatic heterocycles. The van der Waals surface area contributed by atoms with E-state index in [4.69, 9.17) is 17.3 Å². The first-order chi connectivity index (χ1) is 9.38. The van der Waals surface area contributed by atoms with Gasteiger partial charge in [-0.25, -0.2) is 8.42 Å². The molecule has 2 N–H and O–H groups in total. The van der Waals surface area contributed by atoms with Crippen molar-refractivity contribution in [2.24, 2.45) is 5.73 Å². The average Bonchev–Trinajstić information content (AvgIpc) is 2.37. The number of benzene rings is 1. The number of halogens is 1. The van der Waals surface area contributed by atoms with Gasteiger partial charge in [-0.15, -0.1) is 0 Å². The van der Waals surface area contributed by atoms with Gasteiger partial charge in [0.15, 0.2) is 0 Å². The summed E-state index contributed by atoms with van der Waals surface area (Å²) in [7, 11) is -3.40. The van der Waals surface area contributed by atoms with E-state index in [0.29, 0.717) is 24.4 Å².